The van der Waals surface area contributed by atoms with Gasteiger partial charge in [0.1, 0.15) is 5.82 Å². The maximum absolute atomic E-state index is 4.85. The number of hydrogen-bond donors (Lipinski definition) is 1. The summed E-state index contributed by atoms with van der Waals surface area (Å²) in [7, 11) is 0. The number of rotatable bonds is 3. The summed E-state index contributed by atoms with van der Waals surface area (Å²) in [6.45, 7) is 8.47. The number of aryl methyl sites for hydroxylation is 1. The molecular formula is C18H23N3. The first-order valence-electron chi connectivity index (χ1n) is 7.78. The van der Waals surface area contributed by atoms with E-state index in [2.05, 4.69) is 50.4 Å². The molecule has 1 aromatic heterocycles. The zero-order valence-corrected chi connectivity index (χ0v) is 13.1. The lowest BCUT2D eigenvalue weighted by Gasteiger charge is -2.21. The Morgan fingerprint density at radius 2 is 1.90 bits per heavy atom. The highest BCUT2D eigenvalue weighted by Gasteiger charge is 2.19. The maximum Gasteiger partial charge on any atom is 0.133 e. The number of fused-ring (bicyclic) bond motifs is 1. The molecule has 21 heavy (non-hydrogen) atoms. The van der Waals surface area contributed by atoms with Gasteiger partial charge in [-0.25, -0.2) is 9.97 Å². The maximum atomic E-state index is 4.85. The van der Waals surface area contributed by atoms with Crippen molar-refractivity contribution in [1.82, 2.24) is 15.3 Å². The van der Waals surface area contributed by atoms with Gasteiger partial charge in [-0.1, -0.05) is 43.7 Å². The predicted molar refractivity (Wildman–Crippen MR) is 85.5 cm³/mol. The Hall–Kier alpha value is -1.74. The van der Waals surface area contributed by atoms with Gasteiger partial charge in [0.15, 0.2) is 0 Å². The minimum atomic E-state index is 0.443. The minimum absolute atomic E-state index is 0.443. The first-order chi connectivity index (χ1) is 10.1. The molecule has 2 aromatic rings. The number of benzene rings is 1. The molecule has 0 unspecified atom stereocenters. The summed E-state index contributed by atoms with van der Waals surface area (Å²) in [4.78, 5) is 9.68. The number of hydrogen-bond acceptors (Lipinski definition) is 3. The first-order valence-corrected chi connectivity index (χ1v) is 7.78. The van der Waals surface area contributed by atoms with Gasteiger partial charge in [-0.05, 0) is 18.4 Å². The van der Waals surface area contributed by atoms with Crippen molar-refractivity contribution in [2.24, 2.45) is 0 Å². The van der Waals surface area contributed by atoms with Crippen LogP contribution < -0.4 is 5.32 Å². The van der Waals surface area contributed by atoms with Gasteiger partial charge in [0.25, 0.3) is 0 Å². The summed E-state index contributed by atoms with van der Waals surface area (Å²) < 4.78 is 0. The standard InChI is InChI=1S/C18H23N3/c1-12(2)18-15-11-19-9-8-16(15)20-17(21-18)10-14-6-4-13(3)5-7-14/h4-7,12,19H,8-11H2,1-3H3. The number of aromatic nitrogens is 2. The molecule has 1 aromatic carbocycles. The zero-order valence-electron chi connectivity index (χ0n) is 13.1. The summed E-state index contributed by atoms with van der Waals surface area (Å²) in [5.41, 5.74) is 6.36. The van der Waals surface area contributed by atoms with Gasteiger partial charge in [0.05, 0.1) is 11.4 Å². The summed E-state index contributed by atoms with van der Waals surface area (Å²) in [6.07, 6.45) is 1.83. The van der Waals surface area contributed by atoms with E-state index in [0.717, 1.165) is 31.8 Å². The van der Waals surface area contributed by atoms with Crippen LogP contribution in [-0.4, -0.2) is 16.5 Å². The van der Waals surface area contributed by atoms with Gasteiger partial charge in [0.2, 0.25) is 0 Å². The molecule has 0 saturated carbocycles. The Bertz CT molecular complexity index is 630. The lowest BCUT2D eigenvalue weighted by Crippen LogP contribution is -2.27. The Kier molecular flexibility index (Phi) is 4.02. The van der Waals surface area contributed by atoms with Gasteiger partial charge in [-0.2, -0.15) is 0 Å². The second-order valence-corrected chi connectivity index (χ2v) is 6.19. The Morgan fingerprint density at radius 3 is 2.62 bits per heavy atom. The van der Waals surface area contributed by atoms with Gasteiger partial charge in [-0.15, -0.1) is 0 Å². The third-order valence-corrected chi connectivity index (χ3v) is 4.04. The second-order valence-electron chi connectivity index (χ2n) is 6.19. The van der Waals surface area contributed by atoms with E-state index in [1.807, 2.05) is 0 Å². The van der Waals surface area contributed by atoms with E-state index < -0.39 is 0 Å². The Balaban J connectivity index is 1.95. The molecule has 2 heterocycles. The van der Waals surface area contributed by atoms with Crippen molar-refractivity contribution in [2.75, 3.05) is 6.54 Å². The fraction of sp³-hybridized carbons (Fsp3) is 0.444. The zero-order chi connectivity index (χ0) is 14.8. The third kappa shape index (κ3) is 3.13. The fourth-order valence-corrected chi connectivity index (χ4v) is 2.87. The van der Waals surface area contributed by atoms with Crippen LogP contribution in [0.3, 0.4) is 0 Å². The normalized spacial score (nSPS) is 14.3. The summed E-state index contributed by atoms with van der Waals surface area (Å²) in [5.74, 6) is 1.40. The topological polar surface area (TPSA) is 37.8 Å². The summed E-state index contributed by atoms with van der Waals surface area (Å²) in [6, 6.07) is 8.66. The molecule has 0 saturated heterocycles. The largest absolute Gasteiger partial charge is 0.312 e. The molecule has 3 rings (SSSR count). The van der Waals surface area contributed by atoms with Crippen molar-refractivity contribution in [2.45, 2.75) is 46.1 Å². The number of nitrogens with zero attached hydrogens (tertiary/aromatic N) is 2. The molecule has 0 fully saturated rings. The highest BCUT2D eigenvalue weighted by Crippen LogP contribution is 2.23. The van der Waals surface area contributed by atoms with E-state index >= 15 is 0 Å². The quantitative estimate of drug-likeness (QED) is 0.939. The monoisotopic (exact) mass is 281 g/mol. The van der Waals surface area contributed by atoms with Crippen LogP contribution in [0.5, 0.6) is 0 Å². The lowest BCUT2D eigenvalue weighted by molar-refractivity contribution is 0.602. The molecule has 3 heteroatoms. The van der Waals surface area contributed by atoms with Crippen molar-refractivity contribution in [3.05, 3.63) is 58.2 Å². The molecule has 0 spiro atoms. The molecule has 0 amide bonds. The SMILES string of the molecule is Cc1ccc(Cc2nc3c(c(C(C)C)n2)CNCC3)cc1. The van der Waals surface area contributed by atoms with Crippen LogP contribution in [0.4, 0.5) is 0 Å². The van der Waals surface area contributed by atoms with E-state index in [1.54, 1.807) is 0 Å². The van der Waals surface area contributed by atoms with Gasteiger partial charge < -0.3 is 5.32 Å². The average molecular weight is 281 g/mol. The van der Waals surface area contributed by atoms with Crippen molar-refractivity contribution in [3.63, 3.8) is 0 Å². The van der Waals surface area contributed by atoms with Crippen molar-refractivity contribution in [1.29, 1.82) is 0 Å². The molecule has 0 radical (unpaired) electrons. The van der Waals surface area contributed by atoms with E-state index in [9.17, 15) is 0 Å². The minimum Gasteiger partial charge on any atom is -0.312 e. The Morgan fingerprint density at radius 1 is 1.14 bits per heavy atom. The molecule has 110 valence electrons. The molecule has 0 bridgehead atoms. The summed E-state index contributed by atoms with van der Waals surface area (Å²) >= 11 is 0. The molecule has 1 aliphatic rings. The van der Waals surface area contributed by atoms with Crippen LogP contribution in [0.15, 0.2) is 24.3 Å². The van der Waals surface area contributed by atoms with E-state index in [4.69, 9.17) is 9.97 Å². The van der Waals surface area contributed by atoms with Crippen LogP contribution in [0.2, 0.25) is 0 Å². The van der Waals surface area contributed by atoms with Crippen molar-refractivity contribution < 1.29 is 0 Å². The molecule has 1 N–H and O–H groups in total. The van der Waals surface area contributed by atoms with Crippen LogP contribution in [0.25, 0.3) is 0 Å². The van der Waals surface area contributed by atoms with E-state index in [0.29, 0.717) is 5.92 Å². The van der Waals surface area contributed by atoms with Gasteiger partial charge in [0, 0.05) is 31.5 Å². The summed E-state index contributed by atoms with van der Waals surface area (Å²) in [5, 5.41) is 3.43. The van der Waals surface area contributed by atoms with Crippen molar-refractivity contribution >= 4 is 0 Å². The van der Waals surface area contributed by atoms with Gasteiger partial charge in [-0.3, -0.25) is 0 Å². The third-order valence-electron chi connectivity index (χ3n) is 4.04. The van der Waals surface area contributed by atoms with Crippen LogP contribution in [0.1, 0.15) is 53.7 Å². The molecule has 1 aliphatic heterocycles. The second kappa shape index (κ2) is 5.94. The van der Waals surface area contributed by atoms with Crippen LogP contribution >= 0.6 is 0 Å². The van der Waals surface area contributed by atoms with Crippen LogP contribution in [-0.2, 0) is 19.4 Å². The first kappa shape index (κ1) is 14.2. The lowest BCUT2D eigenvalue weighted by atomic mass is 9.98. The fourth-order valence-electron chi connectivity index (χ4n) is 2.87. The van der Waals surface area contributed by atoms with Crippen LogP contribution in [0, 0.1) is 6.92 Å². The molecular weight excluding hydrogens is 258 g/mol. The molecule has 0 aliphatic carbocycles. The predicted octanol–water partition coefficient (Wildman–Crippen LogP) is 3.14. The smallest absolute Gasteiger partial charge is 0.133 e. The van der Waals surface area contributed by atoms with E-state index in [1.165, 1.54) is 28.1 Å². The Labute approximate surface area is 126 Å². The van der Waals surface area contributed by atoms with Gasteiger partial charge >= 0.3 is 0 Å². The molecule has 3 nitrogen and oxygen atoms in total. The molecule has 0 atom stereocenters. The highest BCUT2D eigenvalue weighted by molar-refractivity contribution is 5.32. The number of nitrogens with one attached hydrogen (secondary N) is 1. The highest BCUT2D eigenvalue weighted by atomic mass is 15.0. The van der Waals surface area contributed by atoms with E-state index in [-0.39, 0.29) is 0 Å². The van der Waals surface area contributed by atoms with Crippen molar-refractivity contribution in [3.8, 4) is 0 Å². The average Bonchev–Trinajstić information content (AvgIpc) is 2.48.